The van der Waals surface area contributed by atoms with Gasteiger partial charge in [-0.15, -0.1) is 6.58 Å². The molecule has 1 fully saturated rings. The Morgan fingerprint density at radius 3 is 2.53 bits per heavy atom. The summed E-state index contributed by atoms with van der Waals surface area (Å²) in [4.78, 5) is 20.4. The van der Waals surface area contributed by atoms with Crippen LogP contribution in [0.1, 0.15) is 57.9 Å². The van der Waals surface area contributed by atoms with Crippen molar-refractivity contribution in [1.29, 1.82) is 0 Å². The summed E-state index contributed by atoms with van der Waals surface area (Å²) in [5, 5.41) is 15.4. The minimum atomic E-state index is -1.04. The molecule has 0 saturated carbocycles. The van der Waals surface area contributed by atoms with Gasteiger partial charge in [-0.1, -0.05) is 24.3 Å². The predicted octanol–water partition coefficient (Wildman–Crippen LogP) is 6.81. The number of benzene rings is 2. The van der Waals surface area contributed by atoms with Crippen LogP contribution in [0.2, 0.25) is 0 Å². The van der Waals surface area contributed by atoms with E-state index in [1.165, 1.54) is 25.3 Å². The van der Waals surface area contributed by atoms with Crippen LogP contribution in [0.5, 0.6) is 5.75 Å². The van der Waals surface area contributed by atoms with E-state index in [0.717, 1.165) is 18.4 Å². The Morgan fingerprint density at radius 1 is 1.16 bits per heavy atom. The van der Waals surface area contributed by atoms with Gasteiger partial charge in [0, 0.05) is 36.0 Å². The third kappa shape index (κ3) is 6.87. The topological polar surface area (TPSA) is 98.4 Å². The molecule has 3 heterocycles. The Morgan fingerprint density at radius 2 is 1.87 bits per heavy atom. The van der Waals surface area contributed by atoms with Gasteiger partial charge < -0.3 is 24.2 Å². The van der Waals surface area contributed by atoms with Crippen molar-refractivity contribution in [1.82, 2.24) is 14.6 Å². The predicted molar refractivity (Wildman–Crippen MR) is 172 cm³/mol. The molecule has 5 rings (SSSR count). The van der Waals surface area contributed by atoms with Gasteiger partial charge in [-0.2, -0.15) is 9.61 Å². The normalized spacial score (nSPS) is 15.7. The Balaban J connectivity index is 1.66. The molecular weight excluding hydrogens is 575 g/mol. The van der Waals surface area contributed by atoms with Crippen LogP contribution in [0.3, 0.4) is 0 Å². The third-order valence-corrected chi connectivity index (χ3v) is 8.05. The van der Waals surface area contributed by atoms with Gasteiger partial charge in [0.15, 0.2) is 11.8 Å². The summed E-state index contributed by atoms with van der Waals surface area (Å²) in [7, 11) is 1.35. The molecule has 0 spiro atoms. The van der Waals surface area contributed by atoms with E-state index in [2.05, 4.69) is 18.4 Å². The minimum absolute atomic E-state index is 0.0189. The molecule has 1 saturated heterocycles. The van der Waals surface area contributed by atoms with E-state index in [1.807, 2.05) is 58.0 Å². The number of anilines is 1. The number of carbonyl (C=O) groups is 1. The molecule has 0 radical (unpaired) electrons. The van der Waals surface area contributed by atoms with Gasteiger partial charge in [-0.25, -0.2) is 14.2 Å². The van der Waals surface area contributed by atoms with Crippen LogP contribution in [-0.2, 0) is 19.0 Å². The summed E-state index contributed by atoms with van der Waals surface area (Å²) in [6, 6.07) is 13.1. The standard InChI is InChI=1S/C35H41FN4O5/c1-8-18-44-35(6)14-16-39(17-15-35)32-30(31(33(42)43-7)45-34(3,4)5)22(2)37-29-21-27(38-40(29)32)24-11-9-10-23(19-24)26-20-25(36)12-13-28(26)41/h8-13,19-21,31,41H,1,14-18H2,2-7H3/t31-/m0/s1. The number of fused-ring (bicyclic) bond motifs is 1. The van der Waals surface area contributed by atoms with Gasteiger partial charge in [-0.05, 0) is 77.3 Å². The smallest absolute Gasteiger partial charge is 0.339 e. The highest BCUT2D eigenvalue weighted by atomic mass is 19.1. The summed E-state index contributed by atoms with van der Waals surface area (Å²) in [6.07, 6.45) is 2.21. The Kier molecular flexibility index (Phi) is 9.00. The van der Waals surface area contributed by atoms with Crippen molar-refractivity contribution in [2.75, 3.05) is 31.7 Å². The molecule has 2 aromatic heterocycles. The van der Waals surface area contributed by atoms with Gasteiger partial charge in [0.1, 0.15) is 17.4 Å². The van der Waals surface area contributed by atoms with Crippen molar-refractivity contribution < 1.29 is 28.5 Å². The molecular formula is C35H41FN4O5. The van der Waals surface area contributed by atoms with Gasteiger partial charge in [0.2, 0.25) is 0 Å². The van der Waals surface area contributed by atoms with Crippen molar-refractivity contribution in [3.63, 3.8) is 0 Å². The van der Waals surface area contributed by atoms with Crippen molar-refractivity contribution in [3.8, 4) is 28.1 Å². The first-order chi connectivity index (χ1) is 21.3. The molecule has 0 bridgehead atoms. The Hall–Kier alpha value is -4.28. The van der Waals surface area contributed by atoms with Crippen molar-refractivity contribution in [2.45, 2.75) is 64.8 Å². The Bertz CT molecular complexity index is 1720. The number of aromatic nitrogens is 3. The molecule has 0 amide bonds. The molecule has 1 aliphatic heterocycles. The second-order valence-electron chi connectivity index (χ2n) is 12.6. The molecule has 9 nitrogen and oxygen atoms in total. The van der Waals surface area contributed by atoms with Gasteiger partial charge in [0.05, 0.1) is 36.2 Å². The number of hydrogen-bond acceptors (Lipinski definition) is 8. The van der Waals surface area contributed by atoms with Crippen LogP contribution in [-0.4, -0.2) is 63.7 Å². The second-order valence-corrected chi connectivity index (χ2v) is 12.6. The van der Waals surface area contributed by atoms with Gasteiger partial charge >= 0.3 is 5.97 Å². The number of nitrogens with zero attached hydrogens (tertiary/aromatic N) is 4. The molecule has 0 unspecified atom stereocenters. The quantitative estimate of drug-likeness (QED) is 0.162. The van der Waals surface area contributed by atoms with E-state index in [-0.39, 0.29) is 11.4 Å². The first-order valence-corrected chi connectivity index (χ1v) is 15.1. The molecule has 10 heteroatoms. The maximum Gasteiger partial charge on any atom is 0.339 e. The van der Waals surface area contributed by atoms with Crippen molar-refractivity contribution in [3.05, 3.63) is 78.3 Å². The largest absolute Gasteiger partial charge is 0.507 e. The zero-order valence-corrected chi connectivity index (χ0v) is 26.8. The van der Waals surface area contributed by atoms with Crippen molar-refractivity contribution >= 4 is 17.4 Å². The van der Waals surface area contributed by atoms with E-state index < -0.39 is 23.5 Å². The third-order valence-electron chi connectivity index (χ3n) is 8.05. The number of phenols is 1. The zero-order chi connectivity index (χ0) is 32.5. The number of esters is 1. The maximum absolute atomic E-state index is 14.1. The van der Waals surface area contributed by atoms with Gasteiger partial charge in [-0.3, -0.25) is 0 Å². The lowest BCUT2D eigenvalue weighted by Gasteiger charge is -2.41. The highest BCUT2D eigenvalue weighted by Gasteiger charge is 2.38. The molecule has 0 aliphatic carbocycles. The average Bonchev–Trinajstić information content (AvgIpc) is 3.43. The number of halogens is 1. The molecule has 1 atom stereocenters. The summed E-state index contributed by atoms with van der Waals surface area (Å²) < 4.78 is 33.5. The molecule has 1 aliphatic rings. The lowest BCUT2D eigenvalue weighted by Crippen LogP contribution is -2.45. The summed E-state index contributed by atoms with van der Waals surface area (Å²) in [5.41, 5.74) is 3.25. The molecule has 45 heavy (non-hydrogen) atoms. The summed E-state index contributed by atoms with van der Waals surface area (Å²) >= 11 is 0. The van der Waals surface area contributed by atoms with Crippen LogP contribution >= 0.6 is 0 Å². The lowest BCUT2D eigenvalue weighted by molar-refractivity contribution is -0.164. The average molecular weight is 617 g/mol. The first-order valence-electron chi connectivity index (χ1n) is 15.1. The Labute approximate surface area is 263 Å². The van der Waals surface area contributed by atoms with E-state index in [0.29, 0.717) is 59.2 Å². The number of hydrogen-bond donors (Lipinski definition) is 1. The molecule has 1 N–H and O–H groups in total. The summed E-state index contributed by atoms with van der Waals surface area (Å²) in [5.74, 6) is -0.285. The highest BCUT2D eigenvalue weighted by Crippen LogP contribution is 2.39. The lowest BCUT2D eigenvalue weighted by atomic mass is 9.92. The van der Waals surface area contributed by atoms with E-state index >= 15 is 0 Å². The second kappa shape index (κ2) is 12.6. The van der Waals surface area contributed by atoms with Crippen LogP contribution in [0.25, 0.3) is 28.0 Å². The fraction of sp³-hybridized carbons (Fsp3) is 0.400. The van der Waals surface area contributed by atoms with Gasteiger partial charge in [0.25, 0.3) is 0 Å². The molecule has 4 aromatic rings. The maximum atomic E-state index is 14.1. The van der Waals surface area contributed by atoms with Crippen LogP contribution in [0.4, 0.5) is 10.2 Å². The number of aromatic hydroxyl groups is 1. The number of methoxy groups -OCH3 is 1. The number of piperidine rings is 1. The van der Waals surface area contributed by atoms with Crippen molar-refractivity contribution in [2.24, 2.45) is 0 Å². The van der Waals surface area contributed by atoms with Crippen LogP contribution < -0.4 is 4.90 Å². The van der Waals surface area contributed by atoms with E-state index in [1.54, 1.807) is 10.6 Å². The van der Waals surface area contributed by atoms with Crippen LogP contribution in [0.15, 0.2) is 61.2 Å². The highest BCUT2D eigenvalue weighted by molar-refractivity contribution is 5.81. The first kappa shape index (κ1) is 32.1. The monoisotopic (exact) mass is 616 g/mol. The number of ether oxygens (including phenoxy) is 3. The fourth-order valence-corrected chi connectivity index (χ4v) is 5.73. The zero-order valence-electron chi connectivity index (χ0n) is 26.8. The van der Waals surface area contributed by atoms with Crippen LogP contribution in [0, 0.1) is 12.7 Å². The number of rotatable bonds is 9. The minimum Gasteiger partial charge on any atom is -0.507 e. The molecule has 2 aromatic carbocycles. The number of aryl methyl sites for hydroxylation is 1. The SMILES string of the molecule is C=CCOC1(C)CCN(c2c([C@H](OC(C)(C)C)C(=O)OC)c(C)nc3cc(-c4cccc(-c5cc(F)ccc5O)c4)nn23)CC1. The van der Waals surface area contributed by atoms with E-state index in [4.69, 9.17) is 24.3 Å². The fourth-order valence-electron chi connectivity index (χ4n) is 5.73. The molecule has 238 valence electrons. The number of phenolic OH excluding ortho intramolecular Hbond substituents is 1. The van der Waals surface area contributed by atoms with E-state index in [9.17, 15) is 14.3 Å². The number of carbonyl (C=O) groups excluding carboxylic acids is 1. The summed E-state index contributed by atoms with van der Waals surface area (Å²) in [6.45, 7) is 15.2.